The number of halogens is 1. The van der Waals surface area contributed by atoms with Gasteiger partial charge in [0.2, 0.25) is 0 Å². The summed E-state index contributed by atoms with van der Waals surface area (Å²) in [6.07, 6.45) is 2.82. The molecule has 1 aliphatic rings. The minimum Gasteiger partial charge on any atom is -0.492 e. The highest BCUT2D eigenvalue weighted by Gasteiger charge is 2.19. The first-order valence-corrected chi connectivity index (χ1v) is 8.34. The van der Waals surface area contributed by atoms with E-state index in [9.17, 15) is 4.79 Å². The van der Waals surface area contributed by atoms with Crippen LogP contribution in [0.4, 0.5) is 0 Å². The SMILES string of the molecule is COC(=O)CCN(CCOc1ccc(Cl)cc1)CC1CCCO1. The Labute approximate surface area is 142 Å². The van der Waals surface area contributed by atoms with E-state index in [4.69, 9.17) is 25.8 Å². The molecule has 6 heteroatoms. The number of ether oxygens (including phenoxy) is 3. The summed E-state index contributed by atoms with van der Waals surface area (Å²) >= 11 is 5.85. The molecule has 1 fully saturated rings. The lowest BCUT2D eigenvalue weighted by Crippen LogP contribution is -2.36. The van der Waals surface area contributed by atoms with Crippen LogP contribution < -0.4 is 4.74 Å². The van der Waals surface area contributed by atoms with E-state index in [1.54, 1.807) is 12.1 Å². The third-order valence-corrected chi connectivity index (χ3v) is 4.09. The second-order valence-corrected chi connectivity index (χ2v) is 6.00. The van der Waals surface area contributed by atoms with Crippen LogP contribution in [0.2, 0.25) is 5.02 Å². The van der Waals surface area contributed by atoms with Crippen molar-refractivity contribution in [3.8, 4) is 5.75 Å². The predicted molar refractivity (Wildman–Crippen MR) is 89.0 cm³/mol. The summed E-state index contributed by atoms with van der Waals surface area (Å²) in [5.74, 6) is 0.598. The molecule has 1 unspecified atom stereocenters. The van der Waals surface area contributed by atoms with Gasteiger partial charge in [-0.1, -0.05) is 11.6 Å². The molecule has 0 radical (unpaired) electrons. The molecular formula is C17H24ClNO4. The second-order valence-electron chi connectivity index (χ2n) is 5.56. The molecule has 0 aromatic heterocycles. The Morgan fingerprint density at radius 3 is 2.78 bits per heavy atom. The summed E-state index contributed by atoms with van der Waals surface area (Å²) in [7, 11) is 1.41. The maximum atomic E-state index is 11.4. The summed E-state index contributed by atoms with van der Waals surface area (Å²) in [5, 5.41) is 0.690. The average molecular weight is 342 g/mol. The topological polar surface area (TPSA) is 48.0 Å². The second kappa shape index (κ2) is 9.75. The molecule has 0 amide bonds. The van der Waals surface area contributed by atoms with Gasteiger partial charge in [0.15, 0.2) is 0 Å². The van der Waals surface area contributed by atoms with Crippen molar-refractivity contribution in [2.75, 3.05) is 40.0 Å². The van der Waals surface area contributed by atoms with Crippen LogP contribution in [0.5, 0.6) is 5.75 Å². The average Bonchev–Trinajstić information content (AvgIpc) is 3.07. The molecule has 0 bridgehead atoms. The van der Waals surface area contributed by atoms with Crippen LogP contribution in [0.1, 0.15) is 19.3 Å². The summed E-state index contributed by atoms with van der Waals surface area (Å²) in [6.45, 7) is 3.59. The molecule has 1 atom stereocenters. The molecule has 5 nitrogen and oxygen atoms in total. The van der Waals surface area contributed by atoms with Crippen LogP contribution >= 0.6 is 11.6 Å². The molecule has 0 spiro atoms. The minimum absolute atomic E-state index is 0.194. The van der Waals surface area contributed by atoms with Crippen molar-refractivity contribution in [3.63, 3.8) is 0 Å². The van der Waals surface area contributed by atoms with Gasteiger partial charge in [0, 0.05) is 31.3 Å². The van der Waals surface area contributed by atoms with E-state index in [1.807, 2.05) is 12.1 Å². The van der Waals surface area contributed by atoms with Crippen LogP contribution in [0.3, 0.4) is 0 Å². The first-order chi connectivity index (χ1) is 11.2. The number of benzene rings is 1. The molecule has 1 heterocycles. The third-order valence-electron chi connectivity index (χ3n) is 3.84. The Kier molecular flexibility index (Phi) is 7.65. The van der Waals surface area contributed by atoms with E-state index in [1.165, 1.54) is 7.11 Å². The number of carbonyl (C=O) groups is 1. The Balaban J connectivity index is 1.77. The monoisotopic (exact) mass is 341 g/mol. The van der Waals surface area contributed by atoms with Crippen LogP contribution in [0.25, 0.3) is 0 Å². The van der Waals surface area contributed by atoms with Crippen molar-refractivity contribution in [1.82, 2.24) is 4.90 Å². The molecule has 1 aromatic carbocycles. The highest BCUT2D eigenvalue weighted by Crippen LogP contribution is 2.16. The largest absolute Gasteiger partial charge is 0.492 e. The van der Waals surface area contributed by atoms with Gasteiger partial charge in [-0.15, -0.1) is 0 Å². The molecule has 1 aromatic rings. The lowest BCUT2D eigenvalue weighted by atomic mass is 10.2. The number of rotatable bonds is 9. The molecule has 1 saturated heterocycles. The number of nitrogens with zero attached hydrogens (tertiary/aromatic N) is 1. The number of methoxy groups -OCH3 is 1. The first kappa shape index (κ1) is 18.0. The standard InChI is InChI=1S/C17H24ClNO4/c1-21-17(20)8-9-19(13-16-3-2-11-22-16)10-12-23-15-6-4-14(18)5-7-15/h4-7,16H,2-3,8-13H2,1H3. The van der Waals surface area contributed by atoms with Gasteiger partial charge in [-0.25, -0.2) is 0 Å². The third kappa shape index (κ3) is 6.77. The van der Waals surface area contributed by atoms with Crippen LogP contribution in [-0.4, -0.2) is 56.9 Å². The molecule has 23 heavy (non-hydrogen) atoms. The van der Waals surface area contributed by atoms with Crippen molar-refractivity contribution < 1.29 is 19.0 Å². The van der Waals surface area contributed by atoms with Gasteiger partial charge in [0.05, 0.1) is 19.6 Å². The van der Waals surface area contributed by atoms with E-state index in [0.717, 1.165) is 38.3 Å². The van der Waals surface area contributed by atoms with E-state index < -0.39 is 0 Å². The molecular weight excluding hydrogens is 318 g/mol. The minimum atomic E-state index is -0.194. The van der Waals surface area contributed by atoms with E-state index >= 15 is 0 Å². The number of esters is 1. The molecule has 1 aliphatic heterocycles. The highest BCUT2D eigenvalue weighted by atomic mass is 35.5. The molecule has 0 N–H and O–H groups in total. The smallest absolute Gasteiger partial charge is 0.306 e. The van der Waals surface area contributed by atoms with Crippen LogP contribution in [0, 0.1) is 0 Å². The molecule has 0 aliphatic carbocycles. The normalized spacial score (nSPS) is 17.4. The van der Waals surface area contributed by atoms with E-state index in [2.05, 4.69) is 4.90 Å². The zero-order chi connectivity index (χ0) is 16.5. The summed E-state index contributed by atoms with van der Waals surface area (Å²) in [6, 6.07) is 7.30. The lowest BCUT2D eigenvalue weighted by Gasteiger charge is -2.24. The van der Waals surface area contributed by atoms with Gasteiger partial charge < -0.3 is 14.2 Å². The van der Waals surface area contributed by atoms with E-state index in [0.29, 0.717) is 24.6 Å². The lowest BCUT2D eigenvalue weighted by molar-refractivity contribution is -0.141. The number of hydrogen-bond acceptors (Lipinski definition) is 5. The summed E-state index contributed by atoms with van der Waals surface area (Å²) in [5.41, 5.74) is 0. The summed E-state index contributed by atoms with van der Waals surface area (Å²) in [4.78, 5) is 13.6. The van der Waals surface area contributed by atoms with Crippen molar-refractivity contribution in [2.24, 2.45) is 0 Å². The highest BCUT2D eigenvalue weighted by molar-refractivity contribution is 6.30. The number of hydrogen-bond donors (Lipinski definition) is 0. The maximum absolute atomic E-state index is 11.4. The maximum Gasteiger partial charge on any atom is 0.306 e. The predicted octanol–water partition coefficient (Wildman–Crippen LogP) is 2.76. The summed E-state index contributed by atoms with van der Waals surface area (Å²) < 4.78 is 16.1. The Hall–Kier alpha value is -1.30. The molecule has 128 valence electrons. The molecule has 0 saturated carbocycles. The molecule has 2 rings (SSSR count). The Morgan fingerprint density at radius 1 is 1.35 bits per heavy atom. The fourth-order valence-corrected chi connectivity index (χ4v) is 2.67. The van der Waals surface area contributed by atoms with Crippen molar-refractivity contribution in [2.45, 2.75) is 25.4 Å². The van der Waals surface area contributed by atoms with Crippen molar-refractivity contribution in [3.05, 3.63) is 29.3 Å². The van der Waals surface area contributed by atoms with Crippen molar-refractivity contribution in [1.29, 1.82) is 0 Å². The number of carbonyl (C=O) groups excluding carboxylic acids is 1. The Bertz CT molecular complexity index is 474. The van der Waals surface area contributed by atoms with Crippen LogP contribution in [-0.2, 0) is 14.3 Å². The quantitative estimate of drug-likeness (QED) is 0.646. The van der Waals surface area contributed by atoms with Crippen molar-refractivity contribution >= 4 is 17.6 Å². The zero-order valence-electron chi connectivity index (χ0n) is 13.5. The van der Waals surface area contributed by atoms with Gasteiger partial charge in [-0.05, 0) is 37.1 Å². The van der Waals surface area contributed by atoms with Crippen LogP contribution in [0.15, 0.2) is 24.3 Å². The van der Waals surface area contributed by atoms with Gasteiger partial charge in [-0.2, -0.15) is 0 Å². The van der Waals surface area contributed by atoms with Gasteiger partial charge in [0.1, 0.15) is 12.4 Å². The fourth-order valence-electron chi connectivity index (χ4n) is 2.55. The van der Waals surface area contributed by atoms with Gasteiger partial charge >= 0.3 is 5.97 Å². The first-order valence-electron chi connectivity index (χ1n) is 7.96. The zero-order valence-corrected chi connectivity index (χ0v) is 14.3. The Morgan fingerprint density at radius 2 is 2.13 bits per heavy atom. The van der Waals surface area contributed by atoms with E-state index in [-0.39, 0.29) is 12.1 Å². The van der Waals surface area contributed by atoms with Gasteiger partial charge in [-0.3, -0.25) is 9.69 Å². The fraction of sp³-hybridized carbons (Fsp3) is 0.588. The van der Waals surface area contributed by atoms with Gasteiger partial charge in [0.25, 0.3) is 0 Å².